The number of carbonyl (C=O) groups excluding carboxylic acids is 1. The van der Waals surface area contributed by atoms with Gasteiger partial charge in [0.1, 0.15) is 5.82 Å². The fourth-order valence-electron chi connectivity index (χ4n) is 1.36. The van der Waals surface area contributed by atoms with Gasteiger partial charge in [0.2, 0.25) is 0 Å². The SMILES string of the molecule is CCCCNC(=O)Nc1c(C(N)=NO)cnn1C. The van der Waals surface area contributed by atoms with Crippen molar-refractivity contribution in [3.8, 4) is 0 Å². The van der Waals surface area contributed by atoms with Crippen LogP contribution in [0.4, 0.5) is 10.6 Å². The number of nitrogens with two attached hydrogens (primary N) is 1. The lowest BCUT2D eigenvalue weighted by molar-refractivity contribution is 0.251. The minimum absolute atomic E-state index is 0.105. The number of nitrogens with one attached hydrogen (secondary N) is 2. The van der Waals surface area contributed by atoms with Crippen molar-refractivity contribution in [2.45, 2.75) is 19.8 Å². The largest absolute Gasteiger partial charge is 0.409 e. The number of oxime groups is 1. The lowest BCUT2D eigenvalue weighted by Gasteiger charge is -2.09. The van der Waals surface area contributed by atoms with E-state index in [9.17, 15) is 4.79 Å². The standard InChI is InChI=1S/C10H18N6O2/c1-3-4-5-12-10(17)14-9-7(8(11)15-18)6-13-16(9)2/h6,18H,3-5H2,1-2H3,(H2,11,15)(H2,12,14,17). The highest BCUT2D eigenvalue weighted by molar-refractivity contribution is 6.04. The van der Waals surface area contributed by atoms with Crippen LogP contribution in [0.15, 0.2) is 11.4 Å². The van der Waals surface area contributed by atoms with Crippen molar-refractivity contribution in [2.75, 3.05) is 11.9 Å². The van der Waals surface area contributed by atoms with Gasteiger partial charge in [0.05, 0.1) is 11.8 Å². The fraction of sp³-hybridized carbons (Fsp3) is 0.500. The molecule has 18 heavy (non-hydrogen) atoms. The van der Waals surface area contributed by atoms with Crippen LogP contribution >= 0.6 is 0 Å². The first kappa shape index (κ1) is 13.8. The number of aromatic nitrogens is 2. The van der Waals surface area contributed by atoms with E-state index in [4.69, 9.17) is 10.9 Å². The van der Waals surface area contributed by atoms with E-state index in [1.807, 2.05) is 6.92 Å². The summed E-state index contributed by atoms with van der Waals surface area (Å²) in [6.45, 7) is 2.64. The maximum Gasteiger partial charge on any atom is 0.320 e. The fourth-order valence-corrected chi connectivity index (χ4v) is 1.36. The normalized spacial score (nSPS) is 11.3. The molecule has 0 aliphatic rings. The van der Waals surface area contributed by atoms with Gasteiger partial charge in [-0.05, 0) is 6.42 Å². The van der Waals surface area contributed by atoms with Crippen molar-refractivity contribution >= 4 is 17.7 Å². The molecule has 8 nitrogen and oxygen atoms in total. The summed E-state index contributed by atoms with van der Waals surface area (Å²) in [5.41, 5.74) is 5.85. The van der Waals surface area contributed by atoms with Crippen LogP contribution < -0.4 is 16.4 Å². The molecule has 0 unspecified atom stereocenters. The summed E-state index contributed by atoms with van der Waals surface area (Å²) in [7, 11) is 1.65. The number of carbonyl (C=O) groups is 1. The van der Waals surface area contributed by atoms with E-state index in [0.29, 0.717) is 17.9 Å². The number of amidine groups is 1. The van der Waals surface area contributed by atoms with Gasteiger partial charge in [0.15, 0.2) is 5.84 Å². The third-order valence-corrected chi connectivity index (χ3v) is 2.37. The minimum atomic E-state index is -0.348. The molecule has 1 aromatic heterocycles. The molecule has 5 N–H and O–H groups in total. The number of rotatable bonds is 5. The van der Waals surface area contributed by atoms with E-state index in [-0.39, 0.29) is 11.9 Å². The van der Waals surface area contributed by atoms with Crippen molar-refractivity contribution < 1.29 is 10.0 Å². The van der Waals surface area contributed by atoms with Crippen LogP contribution in [0.2, 0.25) is 0 Å². The highest BCUT2D eigenvalue weighted by Crippen LogP contribution is 2.13. The molecule has 0 saturated heterocycles. The van der Waals surface area contributed by atoms with Crippen LogP contribution in [0.5, 0.6) is 0 Å². The quantitative estimate of drug-likeness (QED) is 0.200. The Hall–Kier alpha value is -2.25. The number of hydrogen-bond donors (Lipinski definition) is 4. The maximum atomic E-state index is 11.6. The first-order valence-electron chi connectivity index (χ1n) is 5.64. The Balaban J connectivity index is 2.72. The molecule has 100 valence electrons. The zero-order chi connectivity index (χ0) is 13.5. The summed E-state index contributed by atoms with van der Waals surface area (Å²) in [5.74, 6) is 0.270. The predicted molar refractivity (Wildman–Crippen MR) is 67.6 cm³/mol. The van der Waals surface area contributed by atoms with Crippen LogP contribution in [-0.4, -0.2) is 33.4 Å². The molecule has 2 amide bonds. The van der Waals surface area contributed by atoms with Gasteiger partial charge in [-0.1, -0.05) is 18.5 Å². The Morgan fingerprint density at radius 3 is 3.00 bits per heavy atom. The molecule has 0 fully saturated rings. The number of anilines is 1. The van der Waals surface area contributed by atoms with E-state index in [1.165, 1.54) is 10.9 Å². The molecular formula is C10H18N6O2. The Morgan fingerprint density at radius 1 is 1.67 bits per heavy atom. The predicted octanol–water partition coefficient (Wildman–Crippen LogP) is 0.436. The van der Waals surface area contributed by atoms with Crippen molar-refractivity contribution in [1.82, 2.24) is 15.1 Å². The Kier molecular flexibility index (Phi) is 4.97. The summed E-state index contributed by atoms with van der Waals surface area (Å²) in [6, 6.07) is -0.348. The van der Waals surface area contributed by atoms with Gasteiger partial charge in [-0.15, -0.1) is 0 Å². The van der Waals surface area contributed by atoms with Crippen LogP contribution in [0.25, 0.3) is 0 Å². The van der Waals surface area contributed by atoms with Crippen LogP contribution in [0.1, 0.15) is 25.3 Å². The number of hydrogen-bond acceptors (Lipinski definition) is 4. The zero-order valence-electron chi connectivity index (χ0n) is 10.5. The molecule has 0 spiro atoms. The van der Waals surface area contributed by atoms with Crippen LogP contribution in [-0.2, 0) is 7.05 Å². The summed E-state index contributed by atoms with van der Waals surface area (Å²) >= 11 is 0. The number of unbranched alkanes of at least 4 members (excludes halogenated alkanes) is 1. The van der Waals surface area contributed by atoms with Gasteiger partial charge in [-0.25, -0.2) is 4.79 Å². The summed E-state index contributed by atoms with van der Waals surface area (Å²) in [6.07, 6.45) is 3.32. The Morgan fingerprint density at radius 2 is 2.39 bits per heavy atom. The summed E-state index contributed by atoms with van der Waals surface area (Å²) < 4.78 is 1.44. The molecule has 8 heteroatoms. The van der Waals surface area contributed by atoms with Crippen LogP contribution in [0, 0.1) is 0 Å². The van der Waals surface area contributed by atoms with Gasteiger partial charge < -0.3 is 16.3 Å². The molecule has 1 heterocycles. The smallest absolute Gasteiger partial charge is 0.320 e. The molecule has 0 saturated carbocycles. The second-order valence-corrected chi connectivity index (χ2v) is 3.75. The van der Waals surface area contributed by atoms with Gasteiger partial charge in [0.25, 0.3) is 0 Å². The number of amides is 2. The third kappa shape index (κ3) is 3.37. The highest BCUT2D eigenvalue weighted by Gasteiger charge is 2.14. The lowest BCUT2D eigenvalue weighted by atomic mass is 10.3. The maximum absolute atomic E-state index is 11.6. The molecule has 0 aromatic carbocycles. The Bertz CT molecular complexity index is 440. The van der Waals surface area contributed by atoms with E-state index < -0.39 is 0 Å². The van der Waals surface area contributed by atoms with Gasteiger partial charge >= 0.3 is 6.03 Å². The van der Waals surface area contributed by atoms with E-state index >= 15 is 0 Å². The van der Waals surface area contributed by atoms with Crippen molar-refractivity contribution in [3.05, 3.63) is 11.8 Å². The third-order valence-electron chi connectivity index (χ3n) is 2.37. The molecule has 0 bridgehead atoms. The summed E-state index contributed by atoms with van der Waals surface area (Å²) in [4.78, 5) is 11.6. The first-order valence-corrected chi connectivity index (χ1v) is 5.64. The highest BCUT2D eigenvalue weighted by atomic mass is 16.4. The first-order chi connectivity index (χ1) is 8.60. The average molecular weight is 254 g/mol. The van der Waals surface area contributed by atoms with Crippen molar-refractivity contribution in [2.24, 2.45) is 17.9 Å². The second-order valence-electron chi connectivity index (χ2n) is 3.75. The molecule has 0 atom stereocenters. The van der Waals surface area contributed by atoms with E-state index in [0.717, 1.165) is 12.8 Å². The topological polar surface area (TPSA) is 118 Å². The second kappa shape index (κ2) is 6.48. The molecule has 0 radical (unpaired) electrons. The molecule has 1 aromatic rings. The van der Waals surface area contributed by atoms with Gasteiger partial charge in [-0.2, -0.15) is 5.10 Å². The molecular weight excluding hydrogens is 236 g/mol. The Labute approximate surface area is 105 Å². The number of urea groups is 1. The van der Waals surface area contributed by atoms with E-state index in [1.54, 1.807) is 7.05 Å². The lowest BCUT2D eigenvalue weighted by Crippen LogP contribution is -2.31. The van der Waals surface area contributed by atoms with Crippen molar-refractivity contribution in [3.63, 3.8) is 0 Å². The molecule has 0 aliphatic carbocycles. The van der Waals surface area contributed by atoms with E-state index in [2.05, 4.69) is 20.9 Å². The summed E-state index contributed by atoms with van der Waals surface area (Å²) in [5, 5.41) is 20.8. The minimum Gasteiger partial charge on any atom is -0.409 e. The van der Waals surface area contributed by atoms with Gasteiger partial charge in [0, 0.05) is 13.6 Å². The van der Waals surface area contributed by atoms with Gasteiger partial charge in [-0.3, -0.25) is 10.00 Å². The average Bonchev–Trinajstić information content (AvgIpc) is 2.71. The molecule has 1 rings (SSSR count). The zero-order valence-corrected chi connectivity index (χ0v) is 10.5. The van der Waals surface area contributed by atoms with Crippen LogP contribution in [0.3, 0.4) is 0 Å². The number of nitrogens with zero attached hydrogens (tertiary/aromatic N) is 3. The van der Waals surface area contributed by atoms with Crippen molar-refractivity contribution in [1.29, 1.82) is 0 Å². The monoisotopic (exact) mass is 254 g/mol. The molecule has 0 aliphatic heterocycles. The number of aryl methyl sites for hydroxylation is 1.